The van der Waals surface area contributed by atoms with E-state index in [0.717, 1.165) is 32.2 Å². The first-order chi connectivity index (χ1) is 8.15. The molecule has 1 fully saturated rings. The van der Waals surface area contributed by atoms with E-state index in [9.17, 15) is 14.4 Å². The number of nitrogens with one attached hydrogen (secondary N) is 2. The lowest BCUT2D eigenvalue weighted by molar-refractivity contribution is -0.120. The average molecular weight is 241 g/mol. The summed E-state index contributed by atoms with van der Waals surface area (Å²) in [5.41, 5.74) is 0. The zero-order valence-corrected chi connectivity index (χ0v) is 10.1. The van der Waals surface area contributed by atoms with Gasteiger partial charge in [0.2, 0.25) is 5.91 Å². The Labute approximate surface area is 101 Å². The molecule has 1 rings (SSSR count). The van der Waals surface area contributed by atoms with Crippen LogP contribution in [0.1, 0.15) is 19.3 Å². The molecule has 0 aromatic rings. The Morgan fingerprint density at radius 2 is 2.24 bits per heavy atom. The molecule has 1 atom stereocenters. The Hall–Kier alpha value is -1.43. The normalized spacial score (nSPS) is 20.6. The van der Waals surface area contributed by atoms with Gasteiger partial charge >= 0.3 is 6.03 Å². The summed E-state index contributed by atoms with van der Waals surface area (Å²) < 4.78 is 0. The first-order valence-electron chi connectivity index (χ1n) is 5.85. The molecule has 17 heavy (non-hydrogen) atoms. The Kier molecular flexibility index (Phi) is 5.62. The highest BCUT2D eigenvalue weighted by Gasteiger charge is 2.19. The Balaban J connectivity index is 2.23. The molecule has 1 aliphatic heterocycles. The number of piperidine rings is 1. The Morgan fingerprint density at radius 1 is 1.47 bits per heavy atom. The van der Waals surface area contributed by atoms with E-state index in [4.69, 9.17) is 0 Å². The molecule has 6 heteroatoms. The highest BCUT2D eigenvalue weighted by atomic mass is 16.2. The van der Waals surface area contributed by atoms with E-state index >= 15 is 0 Å². The van der Waals surface area contributed by atoms with E-state index < -0.39 is 6.03 Å². The van der Waals surface area contributed by atoms with Crippen molar-refractivity contribution in [2.75, 3.05) is 26.7 Å². The molecule has 0 spiro atoms. The van der Waals surface area contributed by atoms with Crippen molar-refractivity contribution in [3.05, 3.63) is 0 Å². The number of rotatable bonds is 4. The van der Waals surface area contributed by atoms with Crippen molar-refractivity contribution in [3.63, 3.8) is 0 Å². The molecule has 1 unspecified atom stereocenters. The minimum Gasteiger partial charge on any atom is -0.341 e. The van der Waals surface area contributed by atoms with Gasteiger partial charge in [-0.2, -0.15) is 0 Å². The lowest BCUT2D eigenvalue weighted by atomic mass is 10.00. The quantitative estimate of drug-likeness (QED) is 0.665. The van der Waals surface area contributed by atoms with Gasteiger partial charge in [-0.25, -0.2) is 4.79 Å². The number of aldehydes is 1. The van der Waals surface area contributed by atoms with Crippen LogP contribution >= 0.6 is 0 Å². The van der Waals surface area contributed by atoms with Crippen LogP contribution in [0.15, 0.2) is 0 Å². The predicted octanol–water partition coefficient (Wildman–Crippen LogP) is -0.257. The van der Waals surface area contributed by atoms with Crippen molar-refractivity contribution >= 4 is 18.2 Å². The van der Waals surface area contributed by atoms with Crippen LogP contribution in [0.3, 0.4) is 0 Å². The number of amides is 3. The monoisotopic (exact) mass is 241 g/mol. The number of urea groups is 1. The maximum absolute atomic E-state index is 11.3. The van der Waals surface area contributed by atoms with Gasteiger partial charge in [-0.1, -0.05) is 0 Å². The largest absolute Gasteiger partial charge is 0.341 e. The molecule has 96 valence electrons. The second-order valence-electron chi connectivity index (χ2n) is 4.22. The van der Waals surface area contributed by atoms with E-state index in [2.05, 4.69) is 15.5 Å². The number of likely N-dealkylation sites (tertiary alicyclic amines) is 1. The van der Waals surface area contributed by atoms with Crippen LogP contribution in [0.5, 0.6) is 0 Å². The minimum absolute atomic E-state index is 0.0887. The standard InChI is InChI=1S/C11H19N3O3/c1-12-11(17)13-10(16)4-6-14-5-2-3-9(7-14)8-15/h8-9H,2-7H2,1H3,(H2,12,13,16,17). The number of nitrogens with zero attached hydrogens (tertiary/aromatic N) is 1. The number of hydrogen-bond acceptors (Lipinski definition) is 4. The van der Waals surface area contributed by atoms with Crippen LogP contribution in [-0.2, 0) is 9.59 Å². The summed E-state index contributed by atoms with van der Waals surface area (Å²) in [4.78, 5) is 35.0. The molecular weight excluding hydrogens is 222 g/mol. The zero-order chi connectivity index (χ0) is 12.7. The van der Waals surface area contributed by atoms with Crippen LogP contribution in [0, 0.1) is 5.92 Å². The molecule has 1 heterocycles. The summed E-state index contributed by atoms with van der Waals surface area (Å²) in [6.07, 6.45) is 3.18. The third kappa shape index (κ3) is 4.95. The molecular formula is C11H19N3O3. The average Bonchev–Trinajstić information content (AvgIpc) is 2.36. The number of carbonyl (C=O) groups excluding carboxylic acids is 3. The number of hydrogen-bond donors (Lipinski definition) is 2. The van der Waals surface area contributed by atoms with Crippen molar-refractivity contribution in [2.24, 2.45) is 5.92 Å². The lowest BCUT2D eigenvalue weighted by Crippen LogP contribution is -2.41. The van der Waals surface area contributed by atoms with Gasteiger partial charge < -0.3 is 15.0 Å². The SMILES string of the molecule is CNC(=O)NC(=O)CCN1CCCC(C=O)C1. The molecule has 0 aliphatic carbocycles. The molecule has 6 nitrogen and oxygen atoms in total. The number of imide groups is 1. The van der Waals surface area contributed by atoms with Crippen LogP contribution in [-0.4, -0.2) is 49.8 Å². The van der Waals surface area contributed by atoms with Crippen molar-refractivity contribution < 1.29 is 14.4 Å². The maximum Gasteiger partial charge on any atom is 0.321 e. The Morgan fingerprint density at radius 3 is 2.88 bits per heavy atom. The van der Waals surface area contributed by atoms with Crippen molar-refractivity contribution in [3.8, 4) is 0 Å². The summed E-state index contributed by atoms with van der Waals surface area (Å²) in [5, 5.41) is 4.53. The summed E-state index contributed by atoms with van der Waals surface area (Å²) in [5.74, 6) is -0.205. The summed E-state index contributed by atoms with van der Waals surface area (Å²) in [6.45, 7) is 2.22. The van der Waals surface area contributed by atoms with Crippen molar-refractivity contribution in [2.45, 2.75) is 19.3 Å². The fourth-order valence-electron chi connectivity index (χ4n) is 1.92. The first kappa shape index (κ1) is 13.6. The van der Waals surface area contributed by atoms with Crippen molar-refractivity contribution in [1.29, 1.82) is 0 Å². The topological polar surface area (TPSA) is 78.5 Å². The van der Waals surface area contributed by atoms with Crippen LogP contribution < -0.4 is 10.6 Å². The second kappa shape index (κ2) is 7.01. The maximum atomic E-state index is 11.3. The smallest absolute Gasteiger partial charge is 0.321 e. The van der Waals surface area contributed by atoms with Gasteiger partial charge in [0, 0.05) is 32.5 Å². The fraction of sp³-hybridized carbons (Fsp3) is 0.727. The lowest BCUT2D eigenvalue weighted by Gasteiger charge is -2.29. The van der Waals surface area contributed by atoms with E-state index in [-0.39, 0.29) is 18.2 Å². The van der Waals surface area contributed by atoms with E-state index in [1.165, 1.54) is 7.05 Å². The van der Waals surface area contributed by atoms with Gasteiger partial charge in [0.15, 0.2) is 0 Å². The third-order valence-electron chi connectivity index (χ3n) is 2.87. The van der Waals surface area contributed by atoms with Gasteiger partial charge in [0.25, 0.3) is 0 Å². The molecule has 0 bridgehead atoms. The van der Waals surface area contributed by atoms with Crippen LogP contribution in [0.25, 0.3) is 0 Å². The van der Waals surface area contributed by atoms with Crippen LogP contribution in [0.2, 0.25) is 0 Å². The van der Waals surface area contributed by atoms with E-state index in [1.807, 2.05) is 0 Å². The first-order valence-corrected chi connectivity index (χ1v) is 5.85. The van der Waals surface area contributed by atoms with Gasteiger partial charge in [0.05, 0.1) is 0 Å². The van der Waals surface area contributed by atoms with E-state index in [1.54, 1.807) is 0 Å². The fourth-order valence-corrected chi connectivity index (χ4v) is 1.92. The minimum atomic E-state index is -0.487. The van der Waals surface area contributed by atoms with Crippen molar-refractivity contribution in [1.82, 2.24) is 15.5 Å². The highest BCUT2D eigenvalue weighted by molar-refractivity contribution is 5.94. The molecule has 1 saturated heterocycles. The molecule has 0 saturated carbocycles. The summed E-state index contributed by atoms with van der Waals surface area (Å²) in [6, 6.07) is -0.487. The molecule has 3 amide bonds. The molecule has 0 radical (unpaired) electrons. The Bertz CT molecular complexity index is 294. The third-order valence-corrected chi connectivity index (χ3v) is 2.87. The zero-order valence-electron chi connectivity index (χ0n) is 10.1. The predicted molar refractivity (Wildman–Crippen MR) is 62.4 cm³/mol. The van der Waals surface area contributed by atoms with Gasteiger partial charge in [0.1, 0.15) is 6.29 Å². The summed E-state index contributed by atoms with van der Waals surface area (Å²) >= 11 is 0. The van der Waals surface area contributed by atoms with Gasteiger partial charge in [-0.3, -0.25) is 10.1 Å². The molecule has 0 aromatic carbocycles. The molecule has 0 aromatic heterocycles. The van der Waals surface area contributed by atoms with E-state index in [0.29, 0.717) is 6.54 Å². The summed E-state index contributed by atoms with van der Waals surface area (Å²) in [7, 11) is 1.46. The van der Waals surface area contributed by atoms with Gasteiger partial charge in [-0.05, 0) is 19.4 Å². The van der Waals surface area contributed by atoms with Gasteiger partial charge in [-0.15, -0.1) is 0 Å². The second-order valence-corrected chi connectivity index (χ2v) is 4.22. The van der Waals surface area contributed by atoms with Crippen LogP contribution in [0.4, 0.5) is 4.79 Å². The number of carbonyl (C=O) groups is 3. The molecule has 1 aliphatic rings. The highest BCUT2D eigenvalue weighted by Crippen LogP contribution is 2.14. The molecule has 2 N–H and O–H groups in total.